The molecule has 3 aromatic rings. The van der Waals surface area contributed by atoms with Crippen molar-refractivity contribution in [2.24, 2.45) is 0 Å². The van der Waals surface area contributed by atoms with Crippen molar-refractivity contribution < 1.29 is 9.15 Å². The molecule has 5 heteroatoms. The standard InChI is InChI=1S/C20H15NO3S/c1-23-15-10-8-13(9-11-15)17-18(14-6-4-3-5-7-14)24-20(22)16(12-21)19(17)25-2/h3-11H,1-2H3. The van der Waals surface area contributed by atoms with Crippen LogP contribution in [-0.2, 0) is 0 Å². The fourth-order valence-corrected chi connectivity index (χ4v) is 3.38. The SMILES string of the molecule is COc1ccc(-c2c(-c3ccccc3)oc(=O)c(C#N)c2SC)cc1. The fraction of sp³-hybridized carbons (Fsp3) is 0.100. The van der Waals surface area contributed by atoms with Crippen molar-refractivity contribution in [1.82, 2.24) is 0 Å². The van der Waals surface area contributed by atoms with Gasteiger partial charge < -0.3 is 9.15 Å². The lowest BCUT2D eigenvalue weighted by atomic mass is 9.99. The highest BCUT2D eigenvalue weighted by atomic mass is 32.2. The first-order chi connectivity index (χ1) is 12.2. The molecule has 0 saturated heterocycles. The predicted octanol–water partition coefficient (Wildman–Crippen LogP) is 4.58. The third-order valence-electron chi connectivity index (χ3n) is 3.81. The molecule has 0 fully saturated rings. The molecule has 0 spiro atoms. The van der Waals surface area contributed by atoms with Gasteiger partial charge in [-0.15, -0.1) is 11.8 Å². The Kier molecular flexibility index (Phi) is 4.92. The number of nitriles is 1. The van der Waals surface area contributed by atoms with Gasteiger partial charge in [-0.05, 0) is 24.0 Å². The molecule has 3 rings (SSSR count). The molecule has 1 heterocycles. The summed E-state index contributed by atoms with van der Waals surface area (Å²) in [4.78, 5) is 12.9. The normalized spacial score (nSPS) is 10.3. The quantitative estimate of drug-likeness (QED) is 0.645. The molecule has 0 unspecified atom stereocenters. The van der Waals surface area contributed by atoms with Crippen LogP contribution in [0.15, 0.2) is 68.7 Å². The molecule has 0 aliphatic rings. The van der Waals surface area contributed by atoms with Gasteiger partial charge in [0.05, 0.1) is 7.11 Å². The van der Waals surface area contributed by atoms with Gasteiger partial charge in [0.15, 0.2) is 5.56 Å². The molecule has 0 radical (unpaired) electrons. The van der Waals surface area contributed by atoms with Crippen LogP contribution in [0.2, 0.25) is 0 Å². The van der Waals surface area contributed by atoms with E-state index in [0.29, 0.717) is 10.7 Å². The average Bonchev–Trinajstić information content (AvgIpc) is 2.67. The Bertz CT molecular complexity index is 986. The maximum atomic E-state index is 12.3. The molecular formula is C20H15NO3S. The predicted molar refractivity (Wildman–Crippen MR) is 98.9 cm³/mol. The Morgan fingerprint density at radius 2 is 1.72 bits per heavy atom. The number of rotatable bonds is 4. The second-order valence-corrected chi connectivity index (χ2v) is 6.02. The molecule has 4 nitrogen and oxygen atoms in total. The van der Waals surface area contributed by atoms with Crippen molar-refractivity contribution in [2.45, 2.75) is 4.90 Å². The minimum atomic E-state index is -0.622. The summed E-state index contributed by atoms with van der Waals surface area (Å²) in [7, 11) is 1.60. The first kappa shape index (κ1) is 16.9. The van der Waals surface area contributed by atoms with Gasteiger partial charge in [0.25, 0.3) is 0 Å². The van der Waals surface area contributed by atoms with Crippen LogP contribution in [0, 0.1) is 11.3 Å². The van der Waals surface area contributed by atoms with E-state index in [1.165, 1.54) is 11.8 Å². The van der Waals surface area contributed by atoms with Crippen LogP contribution in [0.25, 0.3) is 22.5 Å². The van der Waals surface area contributed by atoms with Crippen LogP contribution >= 0.6 is 11.8 Å². The summed E-state index contributed by atoms with van der Waals surface area (Å²) in [5.41, 5.74) is 1.77. The Hall–Kier alpha value is -2.97. The second kappa shape index (κ2) is 7.29. The van der Waals surface area contributed by atoms with Crippen LogP contribution in [0.3, 0.4) is 0 Å². The Balaban J connectivity index is 2.37. The number of methoxy groups -OCH3 is 1. The largest absolute Gasteiger partial charge is 0.497 e. The Labute approximate surface area is 149 Å². The summed E-state index contributed by atoms with van der Waals surface area (Å²) in [6.45, 7) is 0. The van der Waals surface area contributed by atoms with E-state index in [2.05, 4.69) is 0 Å². The molecule has 0 saturated carbocycles. The molecule has 0 N–H and O–H groups in total. The van der Waals surface area contributed by atoms with E-state index in [0.717, 1.165) is 22.4 Å². The summed E-state index contributed by atoms with van der Waals surface area (Å²) >= 11 is 1.36. The van der Waals surface area contributed by atoms with Crippen molar-refractivity contribution in [3.8, 4) is 34.3 Å². The van der Waals surface area contributed by atoms with E-state index < -0.39 is 5.63 Å². The van der Waals surface area contributed by atoms with Crippen LogP contribution in [0.4, 0.5) is 0 Å². The number of ether oxygens (including phenoxy) is 1. The monoisotopic (exact) mass is 349 g/mol. The molecule has 0 bridgehead atoms. The van der Waals surface area contributed by atoms with Crippen molar-refractivity contribution in [1.29, 1.82) is 5.26 Å². The van der Waals surface area contributed by atoms with Gasteiger partial charge in [-0.3, -0.25) is 0 Å². The van der Waals surface area contributed by atoms with E-state index in [1.807, 2.05) is 66.9 Å². The Morgan fingerprint density at radius 1 is 1.04 bits per heavy atom. The van der Waals surface area contributed by atoms with E-state index in [9.17, 15) is 10.1 Å². The summed E-state index contributed by atoms with van der Waals surface area (Å²) in [5.74, 6) is 1.19. The lowest BCUT2D eigenvalue weighted by molar-refractivity contribution is 0.415. The molecule has 0 aliphatic heterocycles. The number of hydrogen-bond donors (Lipinski definition) is 0. The maximum absolute atomic E-state index is 12.3. The van der Waals surface area contributed by atoms with Gasteiger partial charge in [-0.2, -0.15) is 5.26 Å². The van der Waals surface area contributed by atoms with Crippen molar-refractivity contribution in [3.05, 3.63) is 70.6 Å². The number of thioether (sulfide) groups is 1. The van der Waals surface area contributed by atoms with Gasteiger partial charge >= 0.3 is 5.63 Å². The molecular weight excluding hydrogens is 334 g/mol. The highest BCUT2D eigenvalue weighted by Gasteiger charge is 2.21. The van der Waals surface area contributed by atoms with Crippen molar-refractivity contribution in [2.75, 3.05) is 13.4 Å². The summed E-state index contributed by atoms with van der Waals surface area (Å²) in [6.07, 6.45) is 1.84. The van der Waals surface area contributed by atoms with Crippen molar-refractivity contribution >= 4 is 11.8 Å². The summed E-state index contributed by atoms with van der Waals surface area (Å²) in [5, 5.41) is 9.40. The van der Waals surface area contributed by atoms with Gasteiger partial charge in [-0.1, -0.05) is 42.5 Å². The van der Waals surface area contributed by atoms with Crippen LogP contribution in [0.1, 0.15) is 5.56 Å². The number of hydrogen-bond acceptors (Lipinski definition) is 5. The minimum absolute atomic E-state index is 0.0259. The molecule has 0 atom stereocenters. The van der Waals surface area contributed by atoms with Crippen LogP contribution < -0.4 is 10.4 Å². The smallest absolute Gasteiger partial charge is 0.355 e. The average molecular weight is 349 g/mol. The molecule has 25 heavy (non-hydrogen) atoms. The zero-order chi connectivity index (χ0) is 17.8. The van der Waals surface area contributed by atoms with E-state index in [1.54, 1.807) is 7.11 Å². The van der Waals surface area contributed by atoms with E-state index in [-0.39, 0.29) is 5.56 Å². The molecule has 0 amide bonds. The zero-order valence-electron chi connectivity index (χ0n) is 13.8. The topological polar surface area (TPSA) is 63.2 Å². The summed E-state index contributed by atoms with van der Waals surface area (Å²) < 4.78 is 10.8. The Morgan fingerprint density at radius 3 is 2.28 bits per heavy atom. The van der Waals surface area contributed by atoms with Gasteiger partial charge in [-0.25, -0.2) is 4.79 Å². The highest BCUT2D eigenvalue weighted by Crippen LogP contribution is 2.39. The third-order valence-corrected chi connectivity index (χ3v) is 4.63. The minimum Gasteiger partial charge on any atom is -0.497 e. The molecule has 0 aliphatic carbocycles. The van der Waals surface area contributed by atoms with Crippen LogP contribution in [0.5, 0.6) is 5.75 Å². The number of nitrogens with zero attached hydrogens (tertiary/aromatic N) is 1. The highest BCUT2D eigenvalue weighted by molar-refractivity contribution is 7.98. The first-order valence-electron chi connectivity index (χ1n) is 7.54. The lowest BCUT2D eigenvalue weighted by Gasteiger charge is -2.14. The second-order valence-electron chi connectivity index (χ2n) is 5.21. The molecule has 124 valence electrons. The van der Waals surface area contributed by atoms with Gasteiger partial charge in [0.2, 0.25) is 0 Å². The van der Waals surface area contributed by atoms with E-state index in [4.69, 9.17) is 9.15 Å². The fourth-order valence-electron chi connectivity index (χ4n) is 2.63. The maximum Gasteiger partial charge on any atom is 0.355 e. The third kappa shape index (κ3) is 3.17. The van der Waals surface area contributed by atoms with E-state index >= 15 is 0 Å². The van der Waals surface area contributed by atoms with Crippen LogP contribution in [-0.4, -0.2) is 13.4 Å². The molecule has 2 aromatic carbocycles. The first-order valence-corrected chi connectivity index (χ1v) is 8.77. The lowest BCUT2D eigenvalue weighted by Crippen LogP contribution is -2.08. The van der Waals surface area contributed by atoms with Crippen molar-refractivity contribution in [3.63, 3.8) is 0 Å². The number of benzene rings is 2. The van der Waals surface area contributed by atoms with Gasteiger partial charge in [0, 0.05) is 16.0 Å². The summed E-state index contributed by atoms with van der Waals surface area (Å²) in [6, 6.07) is 18.8. The van der Waals surface area contributed by atoms with Gasteiger partial charge in [0.1, 0.15) is 17.6 Å². The molecule has 1 aromatic heterocycles. The zero-order valence-corrected chi connectivity index (χ0v) is 14.6.